The lowest BCUT2D eigenvalue weighted by atomic mass is 10.2. The van der Waals surface area contributed by atoms with Crippen molar-refractivity contribution in [3.8, 4) is 0 Å². The monoisotopic (exact) mass is 305 g/mol. The lowest BCUT2D eigenvalue weighted by Crippen LogP contribution is -2.33. The molecule has 2 nitrogen and oxygen atoms in total. The molecular formula is C13H17Cl2NOS. The van der Waals surface area contributed by atoms with E-state index in [0.29, 0.717) is 15.8 Å². The van der Waals surface area contributed by atoms with Crippen LogP contribution in [0.3, 0.4) is 0 Å². The average molecular weight is 306 g/mol. The maximum Gasteiger partial charge on any atom is 0.230 e. The maximum absolute atomic E-state index is 11.5. The van der Waals surface area contributed by atoms with Gasteiger partial charge in [-0.2, -0.15) is 0 Å². The molecule has 0 saturated heterocycles. The number of amides is 1. The van der Waals surface area contributed by atoms with Gasteiger partial charge in [-0.3, -0.25) is 4.79 Å². The van der Waals surface area contributed by atoms with Crippen LogP contribution in [0, 0.1) is 0 Å². The molecule has 0 bridgehead atoms. The molecule has 0 aromatic heterocycles. The molecule has 5 heteroatoms. The van der Waals surface area contributed by atoms with Gasteiger partial charge < -0.3 is 5.32 Å². The summed E-state index contributed by atoms with van der Waals surface area (Å²) in [5, 5.41) is 4.04. The second-order valence-corrected chi connectivity index (χ2v) is 5.92. The van der Waals surface area contributed by atoms with Crippen molar-refractivity contribution in [2.24, 2.45) is 0 Å². The zero-order valence-electron chi connectivity index (χ0n) is 10.5. The molecule has 0 heterocycles. The van der Waals surface area contributed by atoms with Crippen molar-refractivity contribution in [3.05, 3.63) is 33.8 Å². The quantitative estimate of drug-likeness (QED) is 0.856. The summed E-state index contributed by atoms with van der Waals surface area (Å²) in [6, 6.07) is 5.78. The van der Waals surface area contributed by atoms with E-state index in [2.05, 4.69) is 5.32 Å². The molecule has 0 aliphatic carbocycles. The molecule has 0 radical (unpaired) electrons. The van der Waals surface area contributed by atoms with Gasteiger partial charge in [0, 0.05) is 11.8 Å². The minimum Gasteiger partial charge on any atom is -0.353 e. The van der Waals surface area contributed by atoms with Crippen molar-refractivity contribution in [2.75, 3.05) is 5.75 Å². The van der Waals surface area contributed by atoms with Gasteiger partial charge in [0.1, 0.15) is 0 Å². The summed E-state index contributed by atoms with van der Waals surface area (Å²) in [7, 11) is 0. The summed E-state index contributed by atoms with van der Waals surface area (Å²) in [5.74, 6) is 1.30. The molecule has 0 aliphatic rings. The summed E-state index contributed by atoms with van der Waals surface area (Å²) in [4.78, 5) is 11.5. The Hall–Kier alpha value is -0.380. The Bertz CT molecular complexity index is 412. The summed E-state index contributed by atoms with van der Waals surface area (Å²) in [6.07, 6.45) is 0.948. The van der Waals surface area contributed by atoms with Crippen molar-refractivity contribution in [2.45, 2.75) is 32.1 Å². The largest absolute Gasteiger partial charge is 0.353 e. The summed E-state index contributed by atoms with van der Waals surface area (Å²) >= 11 is 13.3. The van der Waals surface area contributed by atoms with Crippen molar-refractivity contribution >= 4 is 40.9 Å². The van der Waals surface area contributed by atoms with Crippen LogP contribution in [0.5, 0.6) is 0 Å². The van der Waals surface area contributed by atoms with Crippen molar-refractivity contribution in [1.29, 1.82) is 0 Å². The third-order valence-corrected chi connectivity index (χ3v) is 4.25. The Morgan fingerprint density at radius 1 is 1.39 bits per heavy atom. The summed E-state index contributed by atoms with van der Waals surface area (Å²) in [5.41, 5.74) is 1.07. The van der Waals surface area contributed by atoms with Crippen molar-refractivity contribution in [3.63, 3.8) is 0 Å². The molecule has 0 saturated carbocycles. The Balaban J connectivity index is 2.33. The first kappa shape index (κ1) is 15.7. The van der Waals surface area contributed by atoms with Gasteiger partial charge in [-0.15, -0.1) is 11.8 Å². The minimum atomic E-state index is 0.0782. The fourth-order valence-corrected chi connectivity index (χ4v) is 2.42. The molecule has 0 aliphatic heterocycles. The van der Waals surface area contributed by atoms with Gasteiger partial charge in [-0.1, -0.05) is 36.2 Å². The molecule has 0 fully saturated rings. The number of carbonyl (C=O) groups excluding carboxylic acids is 1. The fraction of sp³-hybridized carbons (Fsp3) is 0.462. The van der Waals surface area contributed by atoms with Gasteiger partial charge in [-0.05, 0) is 31.0 Å². The number of nitrogens with one attached hydrogen (secondary N) is 1. The topological polar surface area (TPSA) is 29.1 Å². The zero-order valence-corrected chi connectivity index (χ0v) is 12.8. The number of rotatable bonds is 6. The summed E-state index contributed by atoms with van der Waals surface area (Å²) < 4.78 is 0. The Labute approximate surface area is 122 Å². The van der Waals surface area contributed by atoms with E-state index in [-0.39, 0.29) is 11.9 Å². The SMILES string of the molecule is CC[C@H](C)NC(=O)CSCc1ccc(Cl)c(Cl)c1. The van der Waals surface area contributed by atoms with Gasteiger partial charge in [0.25, 0.3) is 0 Å². The third kappa shape index (κ3) is 5.51. The second-order valence-electron chi connectivity index (χ2n) is 4.12. The number of halogens is 2. The van der Waals surface area contributed by atoms with Gasteiger partial charge in [0.2, 0.25) is 5.91 Å². The highest BCUT2D eigenvalue weighted by Gasteiger charge is 2.06. The van der Waals surface area contributed by atoms with Gasteiger partial charge in [0.15, 0.2) is 0 Å². The predicted molar refractivity (Wildman–Crippen MR) is 80.5 cm³/mol. The van der Waals surface area contributed by atoms with E-state index in [9.17, 15) is 4.79 Å². The van der Waals surface area contributed by atoms with Crippen LogP contribution in [0.15, 0.2) is 18.2 Å². The Morgan fingerprint density at radius 3 is 2.72 bits per heavy atom. The van der Waals surface area contributed by atoms with Crippen molar-refractivity contribution < 1.29 is 4.79 Å². The van der Waals surface area contributed by atoms with E-state index >= 15 is 0 Å². The molecule has 1 atom stereocenters. The first-order chi connectivity index (χ1) is 8.52. The van der Waals surface area contributed by atoms with Gasteiger partial charge >= 0.3 is 0 Å². The standard InChI is InChI=1S/C13H17Cl2NOS/c1-3-9(2)16-13(17)8-18-7-10-4-5-11(14)12(15)6-10/h4-6,9H,3,7-8H2,1-2H3,(H,16,17)/t9-/m0/s1. The number of carbonyl (C=O) groups is 1. The van der Waals surface area contributed by atoms with Crippen LogP contribution < -0.4 is 5.32 Å². The number of hydrogen-bond donors (Lipinski definition) is 1. The highest BCUT2D eigenvalue weighted by molar-refractivity contribution is 7.99. The maximum atomic E-state index is 11.5. The Morgan fingerprint density at radius 2 is 2.11 bits per heavy atom. The van der Waals surface area contributed by atoms with E-state index in [1.807, 2.05) is 26.0 Å². The normalized spacial score (nSPS) is 12.2. The van der Waals surface area contributed by atoms with Gasteiger partial charge in [0.05, 0.1) is 15.8 Å². The van der Waals surface area contributed by atoms with Crippen LogP contribution >= 0.6 is 35.0 Å². The first-order valence-electron chi connectivity index (χ1n) is 5.84. The highest BCUT2D eigenvalue weighted by atomic mass is 35.5. The van der Waals surface area contributed by atoms with E-state index < -0.39 is 0 Å². The lowest BCUT2D eigenvalue weighted by molar-refractivity contribution is -0.119. The molecule has 18 heavy (non-hydrogen) atoms. The molecule has 1 N–H and O–H groups in total. The molecule has 1 rings (SSSR count). The average Bonchev–Trinajstić information content (AvgIpc) is 2.33. The third-order valence-electron chi connectivity index (χ3n) is 2.51. The molecule has 1 aromatic rings. The van der Waals surface area contributed by atoms with Crippen LogP contribution in [0.1, 0.15) is 25.8 Å². The molecule has 1 aromatic carbocycles. The fourth-order valence-electron chi connectivity index (χ4n) is 1.31. The predicted octanol–water partition coefficient (Wildman–Crippen LogP) is 4.14. The highest BCUT2D eigenvalue weighted by Crippen LogP contribution is 2.24. The molecule has 0 unspecified atom stereocenters. The smallest absolute Gasteiger partial charge is 0.230 e. The van der Waals surface area contributed by atoms with Crippen LogP contribution in [-0.4, -0.2) is 17.7 Å². The molecule has 100 valence electrons. The van der Waals surface area contributed by atoms with E-state index in [0.717, 1.165) is 17.7 Å². The van der Waals surface area contributed by atoms with Crippen LogP contribution in [-0.2, 0) is 10.5 Å². The minimum absolute atomic E-state index is 0.0782. The number of benzene rings is 1. The first-order valence-corrected chi connectivity index (χ1v) is 7.75. The zero-order chi connectivity index (χ0) is 13.5. The van der Waals surface area contributed by atoms with Crippen molar-refractivity contribution in [1.82, 2.24) is 5.32 Å². The molecule has 1 amide bonds. The van der Waals surface area contributed by atoms with Crippen LogP contribution in [0.2, 0.25) is 10.0 Å². The Kier molecular flexibility index (Phi) is 6.90. The van der Waals surface area contributed by atoms with Gasteiger partial charge in [-0.25, -0.2) is 0 Å². The van der Waals surface area contributed by atoms with E-state index in [4.69, 9.17) is 23.2 Å². The second kappa shape index (κ2) is 7.93. The number of hydrogen-bond acceptors (Lipinski definition) is 2. The van der Waals surface area contributed by atoms with E-state index in [1.54, 1.807) is 17.8 Å². The lowest BCUT2D eigenvalue weighted by Gasteiger charge is -2.11. The van der Waals surface area contributed by atoms with E-state index in [1.165, 1.54) is 0 Å². The molecular weight excluding hydrogens is 289 g/mol. The summed E-state index contributed by atoms with van der Waals surface area (Å²) in [6.45, 7) is 4.05. The van der Waals surface area contributed by atoms with Crippen LogP contribution in [0.4, 0.5) is 0 Å². The molecule has 0 spiro atoms. The number of thioether (sulfide) groups is 1. The van der Waals surface area contributed by atoms with Crippen LogP contribution in [0.25, 0.3) is 0 Å².